The summed E-state index contributed by atoms with van der Waals surface area (Å²) in [5.41, 5.74) is 2.59. The van der Waals surface area contributed by atoms with E-state index in [1.54, 1.807) is 25.3 Å². The number of carbonyl (C=O) groups excluding carboxylic acids is 1. The van der Waals surface area contributed by atoms with Crippen molar-refractivity contribution in [3.63, 3.8) is 0 Å². The van der Waals surface area contributed by atoms with Crippen LogP contribution < -0.4 is 15.6 Å². The van der Waals surface area contributed by atoms with E-state index in [9.17, 15) is 4.79 Å². The molecule has 30 heavy (non-hydrogen) atoms. The summed E-state index contributed by atoms with van der Waals surface area (Å²) in [5, 5.41) is 4.28. The molecule has 1 fully saturated rings. The first kappa shape index (κ1) is 20.4. The Morgan fingerprint density at radius 1 is 1.30 bits per heavy atom. The predicted molar refractivity (Wildman–Crippen MR) is 115 cm³/mol. The third-order valence-corrected chi connectivity index (χ3v) is 5.51. The third kappa shape index (κ3) is 4.35. The van der Waals surface area contributed by atoms with Gasteiger partial charge in [-0.25, -0.2) is 4.99 Å². The minimum atomic E-state index is -0.268. The number of carbonyl (C=O) groups is 1. The van der Waals surface area contributed by atoms with Gasteiger partial charge in [-0.3, -0.25) is 4.79 Å². The molecule has 6 nitrogen and oxygen atoms in total. The fourth-order valence-corrected chi connectivity index (χ4v) is 3.58. The summed E-state index contributed by atoms with van der Waals surface area (Å²) in [6.07, 6.45) is 2.00. The van der Waals surface area contributed by atoms with Crippen molar-refractivity contribution in [2.75, 3.05) is 20.3 Å². The van der Waals surface area contributed by atoms with E-state index >= 15 is 0 Å². The molecule has 0 spiro atoms. The number of nitrogens with zero attached hydrogens (tertiary/aromatic N) is 1. The summed E-state index contributed by atoms with van der Waals surface area (Å²) in [4.78, 5) is 17.6. The molecule has 0 bridgehead atoms. The van der Waals surface area contributed by atoms with Crippen LogP contribution in [0.5, 0.6) is 5.75 Å². The molecule has 156 valence electrons. The Hall–Kier alpha value is -2.83. The normalized spacial score (nSPS) is 16.8. The number of amides is 1. The molecule has 7 heteroatoms. The molecule has 0 unspecified atom stereocenters. The van der Waals surface area contributed by atoms with E-state index in [0.717, 1.165) is 30.4 Å². The molecule has 2 heterocycles. The van der Waals surface area contributed by atoms with Crippen molar-refractivity contribution in [1.82, 2.24) is 5.32 Å². The van der Waals surface area contributed by atoms with Gasteiger partial charge in [0.15, 0.2) is 11.3 Å². The highest BCUT2D eigenvalue weighted by atomic mass is 35.5. The Kier molecular flexibility index (Phi) is 6.06. The van der Waals surface area contributed by atoms with Gasteiger partial charge in [-0.1, -0.05) is 29.8 Å². The zero-order valence-corrected chi connectivity index (χ0v) is 17.7. The first-order chi connectivity index (χ1) is 14.5. The summed E-state index contributed by atoms with van der Waals surface area (Å²) in [7, 11) is 1.57. The van der Waals surface area contributed by atoms with Crippen LogP contribution in [0.2, 0.25) is 5.02 Å². The maximum absolute atomic E-state index is 13.0. The van der Waals surface area contributed by atoms with Crippen LogP contribution >= 0.6 is 11.6 Å². The van der Waals surface area contributed by atoms with Crippen LogP contribution in [0.1, 0.15) is 28.8 Å². The molecule has 1 aromatic heterocycles. The summed E-state index contributed by atoms with van der Waals surface area (Å²) in [5.74, 6) is 0.299. The monoisotopic (exact) mass is 426 g/mol. The Morgan fingerprint density at radius 2 is 2.17 bits per heavy atom. The van der Waals surface area contributed by atoms with E-state index in [-0.39, 0.29) is 17.6 Å². The molecule has 0 saturated carbocycles. The topological polar surface area (TPSA) is 73.1 Å². The van der Waals surface area contributed by atoms with Gasteiger partial charge >= 0.3 is 0 Å². The van der Waals surface area contributed by atoms with Gasteiger partial charge in [-0.05, 0) is 49.6 Å². The Morgan fingerprint density at radius 3 is 2.90 bits per heavy atom. The molecular formula is C23H23ClN2O4. The summed E-state index contributed by atoms with van der Waals surface area (Å²) in [6.45, 7) is 3.10. The standard InChI is InChI=1S/C23H23ClN2O4/c1-14-8-9-16(12-19(14)24)26-23-18(22(27)25-13-17-6-4-10-29-17)11-15-5-3-7-20(28-2)21(15)30-23/h3,5,7-9,11-12,17H,4,6,10,13H2,1-2H3,(H,25,27)/t17-/m1/s1. The van der Waals surface area contributed by atoms with Gasteiger partial charge in [0, 0.05) is 23.6 Å². The number of ether oxygens (including phenoxy) is 2. The zero-order valence-electron chi connectivity index (χ0n) is 16.9. The smallest absolute Gasteiger partial charge is 0.256 e. The van der Waals surface area contributed by atoms with Gasteiger partial charge in [0.25, 0.3) is 5.91 Å². The van der Waals surface area contributed by atoms with Crippen molar-refractivity contribution in [2.24, 2.45) is 4.99 Å². The van der Waals surface area contributed by atoms with E-state index in [1.807, 2.05) is 31.2 Å². The number of halogens is 1. The molecule has 4 rings (SSSR count). The molecule has 1 amide bonds. The van der Waals surface area contributed by atoms with Gasteiger partial charge in [0.2, 0.25) is 5.55 Å². The fraction of sp³-hybridized carbons (Fsp3) is 0.304. The van der Waals surface area contributed by atoms with Crippen LogP contribution in [-0.2, 0) is 4.74 Å². The van der Waals surface area contributed by atoms with Crippen molar-refractivity contribution in [3.05, 3.63) is 64.2 Å². The van der Waals surface area contributed by atoms with E-state index in [2.05, 4.69) is 10.3 Å². The maximum Gasteiger partial charge on any atom is 0.256 e. The number of para-hydroxylation sites is 1. The SMILES string of the molecule is COc1cccc2cc(C(=O)NC[C@H]3CCCO3)c(=Nc3ccc(C)c(Cl)c3)oc12. The highest BCUT2D eigenvalue weighted by Crippen LogP contribution is 2.26. The fourth-order valence-electron chi connectivity index (χ4n) is 3.41. The second-order valence-electron chi connectivity index (χ2n) is 7.23. The minimum absolute atomic E-state index is 0.0442. The number of fused-ring (bicyclic) bond motifs is 1. The summed E-state index contributed by atoms with van der Waals surface area (Å²) < 4.78 is 17.1. The highest BCUT2D eigenvalue weighted by molar-refractivity contribution is 6.31. The summed E-state index contributed by atoms with van der Waals surface area (Å²) in [6, 6.07) is 12.7. The lowest BCUT2D eigenvalue weighted by molar-refractivity contribution is 0.0854. The number of hydrogen-bond acceptors (Lipinski definition) is 5. The number of benzene rings is 2. The molecular weight excluding hydrogens is 404 g/mol. The van der Waals surface area contributed by atoms with Crippen LogP contribution in [0.15, 0.2) is 51.9 Å². The molecule has 0 aliphatic carbocycles. The predicted octanol–water partition coefficient (Wildman–Crippen LogP) is 4.54. The van der Waals surface area contributed by atoms with Crippen LogP contribution in [-0.4, -0.2) is 32.3 Å². The number of hydrogen-bond donors (Lipinski definition) is 1. The second kappa shape index (κ2) is 8.90. The Bertz CT molecular complexity index is 1150. The van der Waals surface area contributed by atoms with Crippen LogP contribution in [0, 0.1) is 6.92 Å². The van der Waals surface area contributed by atoms with Gasteiger partial charge in [-0.2, -0.15) is 0 Å². The molecule has 0 radical (unpaired) electrons. The molecule has 2 aromatic carbocycles. The van der Waals surface area contributed by atoms with Crippen LogP contribution in [0.4, 0.5) is 5.69 Å². The van der Waals surface area contributed by atoms with Crippen molar-refractivity contribution < 1.29 is 18.7 Å². The number of methoxy groups -OCH3 is 1. The molecule has 1 atom stereocenters. The van der Waals surface area contributed by atoms with Crippen LogP contribution in [0.25, 0.3) is 11.0 Å². The number of aryl methyl sites for hydroxylation is 1. The molecule has 1 aliphatic heterocycles. The molecule has 1 saturated heterocycles. The van der Waals surface area contributed by atoms with E-state index in [0.29, 0.717) is 34.2 Å². The Balaban J connectivity index is 1.79. The van der Waals surface area contributed by atoms with Gasteiger partial charge in [-0.15, -0.1) is 0 Å². The molecule has 3 aromatic rings. The van der Waals surface area contributed by atoms with E-state index < -0.39 is 0 Å². The zero-order chi connectivity index (χ0) is 21.1. The summed E-state index contributed by atoms with van der Waals surface area (Å²) >= 11 is 6.24. The highest BCUT2D eigenvalue weighted by Gasteiger charge is 2.19. The van der Waals surface area contributed by atoms with E-state index in [1.165, 1.54) is 0 Å². The third-order valence-electron chi connectivity index (χ3n) is 5.10. The van der Waals surface area contributed by atoms with Crippen molar-refractivity contribution in [2.45, 2.75) is 25.9 Å². The average molecular weight is 427 g/mol. The first-order valence-electron chi connectivity index (χ1n) is 9.86. The quantitative estimate of drug-likeness (QED) is 0.649. The van der Waals surface area contributed by atoms with Crippen molar-refractivity contribution in [3.8, 4) is 5.75 Å². The lowest BCUT2D eigenvalue weighted by atomic mass is 10.1. The minimum Gasteiger partial charge on any atom is -0.493 e. The van der Waals surface area contributed by atoms with Crippen molar-refractivity contribution >= 4 is 34.2 Å². The van der Waals surface area contributed by atoms with Gasteiger partial charge < -0.3 is 19.2 Å². The van der Waals surface area contributed by atoms with Gasteiger partial charge in [0.05, 0.1) is 18.9 Å². The average Bonchev–Trinajstić information content (AvgIpc) is 3.27. The lowest BCUT2D eigenvalue weighted by Crippen LogP contribution is -2.34. The number of rotatable bonds is 5. The molecule has 1 aliphatic rings. The largest absolute Gasteiger partial charge is 0.493 e. The Labute approximate surface area is 179 Å². The van der Waals surface area contributed by atoms with E-state index in [4.69, 9.17) is 25.5 Å². The van der Waals surface area contributed by atoms with Gasteiger partial charge in [0.1, 0.15) is 5.56 Å². The van der Waals surface area contributed by atoms with Crippen LogP contribution in [0.3, 0.4) is 0 Å². The lowest BCUT2D eigenvalue weighted by Gasteiger charge is -2.12. The van der Waals surface area contributed by atoms with Crippen molar-refractivity contribution in [1.29, 1.82) is 0 Å². The first-order valence-corrected chi connectivity index (χ1v) is 10.2. The number of nitrogens with one attached hydrogen (secondary N) is 1. The maximum atomic E-state index is 13.0. The molecule has 1 N–H and O–H groups in total. The second-order valence-corrected chi connectivity index (χ2v) is 7.64.